The molecule has 2 aromatic heterocycles. The average molecular weight is 473 g/mol. The molecule has 33 heavy (non-hydrogen) atoms. The maximum Gasteiger partial charge on any atom is 0.296 e. The molecule has 0 N–H and O–H groups in total. The van der Waals surface area contributed by atoms with E-state index in [0.29, 0.717) is 31.8 Å². The highest BCUT2D eigenvalue weighted by Crippen LogP contribution is 2.31. The van der Waals surface area contributed by atoms with Gasteiger partial charge >= 0.3 is 0 Å². The van der Waals surface area contributed by atoms with E-state index in [-0.39, 0.29) is 18.5 Å². The summed E-state index contributed by atoms with van der Waals surface area (Å²) in [5, 5.41) is 2.42. The maximum absolute atomic E-state index is 13.3. The molecule has 0 unspecified atom stereocenters. The number of aromatic nitrogens is 2. The molecular weight excluding hydrogens is 443 g/mol. The highest BCUT2D eigenvalue weighted by atomic mass is 32.2. The summed E-state index contributed by atoms with van der Waals surface area (Å²) >= 11 is 1.70. The van der Waals surface area contributed by atoms with E-state index in [1.54, 1.807) is 30.1 Å². The SMILES string of the molecule is CSCCOCON1CCc2c(ncc3c2c(CN(C)C)cn3Cc2ccc(F)cc2)C1=O. The molecule has 3 heterocycles. The minimum atomic E-state index is -0.250. The van der Waals surface area contributed by atoms with E-state index in [4.69, 9.17) is 9.57 Å². The smallest absolute Gasteiger partial charge is 0.296 e. The summed E-state index contributed by atoms with van der Waals surface area (Å²) in [6, 6.07) is 6.52. The third kappa shape index (κ3) is 5.38. The quantitative estimate of drug-likeness (QED) is 0.332. The van der Waals surface area contributed by atoms with Crippen LogP contribution in [0.25, 0.3) is 10.9 Å². The minimum Gasteiger partial charge on any atom is -0.352 e. The van der Waals surface area contributed by atoms with Crippen molar-refractivity contribution in [3.05, 3.63) is 64.9 Å². The highest BCUT2D eigenvalue weighted by molar-refractivity contribution is 7.98. The van der Waals surface area contributed by atoms with Crippen LogP contribution in [-0.4, -0.2) is 71.5 Å². The molecule has 0 saturated carbocycles. The number of carbonyl (C=O) groups excluding carboxylic acids is 1. The Morgan fingerprint density at radius 3 is 2.76 bits per heavy atom. The van der Waals surface area contributed by atoms with Crippen LogP contribution in [0.3, 0.4) is 0 Å². The molecule has 0 fully saturated rings. The zero-order valence-corrected chi connectivity index (χ0v) is 20.0. The molecule has 1 aromatic carbocycles. The largest absolute Gasteiger partial charge is 0.352 e. The van der Waals surface area contributed by atoms with Crippen molar-refractivity contribution in [2.75, 3.05) is 46.0 Å². The third-order valence-electron chi connectivity index (χ3n) is 5.57. The van der Waals surface area contributed by atoms with E-state index < -0.39 is 0 Å². The van der Waals surface area contributed by atoms with E-state index in [1.807, 2.05) is 20.4 Å². The monoisotopic (exact) mass is 472 g/mol. The second kappa shape index (κ2) is 10.6. The molecule has 0 saturated heterocycles. The fourth-order valence-electron chi connectivity index (χ4n) is 4.10. The van der Waals surface area contributed by atoms with E-state index in [9.17, 15) is 9.18 Å². The van der Waals surface area contributed by atoms with Gasteiger partial charge in [0.25, 0.3) is 5.91 Å². The standard InChI is InChI=1S/C24H29FN4O3S/c1-27(2)14-18-15-28(13-17-4-6-19(25)7-5-17)21-12-26-23-20(22(18)21)8-9-29(24(23)30)32-16-31-10-11-33-3/h4-7,12,15H,8-11,13-14,16H2,1-3H3. The summed E-state index contributed by atoms with van der Waals surface area (Å²) in [6.45, 7) is 2.41. The van der Waals surface area contributed by atoms with Crippen LogP contribution in [0.2, 0.25) is 0 Å². The average Bonchev–Trinajstić information content (AvgIpc) is 3.13. The highest BCUT2D eigenvalue weighted by Gasteiger charge is 2.30. The Labute approximate surface area is 197 Å². The van der Waals surface area contributed by atoms with Gasteiger partial charge < -0.3 is 14.2 Å². The predicted octanol–water partition coefficient (Wildman–Crippen LogP) is 3.55. The van der Waals surface area contributed by atoms with Gasteiger partial charge in [-0.25, -0.2) is 19.3 Å². The summed E-state index contributed by atoms with van der Waals surface area (Å²) in [6.07, 6.45) is 6.53. The zero-order chi connectivity index (χ0) is 23.4. The Bertz CT molecular complexity index is 1120. The van der Waals surface area contributed by atoms with E-state index in [0.717, 1.165) is 39.9 Å². The summed E-state index contributed by atoms with van der Waals surface area (Å²) in [7, 11) is 4.04. The number of rotatable bonds is 10. The van der Waals surface area contributed by atoms with Gasteiger partial charge in [-0.1, -0.05) is 12.1 Å². The van der Waals surface area contributed by atoms with Gasteiger partial charge in [-0.2, -0.15) is 11.8 Å². The summed E-state index contributed by atoms with van der Waals surface area (Å²) in [5.41, 5.74) is 4.49. The van der Waals surface area contributed by atoms with Crippen molar-refractivity contribution < 1.29 is 18.8 Å². The van der Waals surface area contributed by atoms with Crippen LogP contribution in [0.5, 0.6) is 0 Å². The maximum atomic E-state index is 13.3. The normalized spacial score (nSPS) is 13.8. The number of carbonyl (C=O) groups is 1. The molecule has 3 aromatic rings. The molecule has 0 spiro atoms. The second-order valence-electron chi connectivity index (χ2n) is 8.30. The fourth-order valence-corrected chi connectivity index (χ4v) is 4.39. The first-order chi connectivity index (χ1) is 16.0. The molecule has 1 aliphatic heterocycles. The molecule has 4 rings (SSSR count). The Hall–Kier alpha value is -2.46. The number of fused-ring (bicyclic) bond motifs is 3. The van der Waals surface area contributed by atoms with Gasteiger partial charge in [0.1, 0.15) is 11.5 Å². The van der Waals surface area contributed by atoms with Crippen LogP contribution in [0.4, 0.5) is 4.39 Å². The van der Waals surface area contributed by atoms with Crippen molar-refractivity contribution in [1.82, 2.24) is 19.5 Å². The molecule has 0 radical (unpaired) electrons. The molecule has 1 aliphatic rings. The molecule has 9 heteroatoms. The van der Waals surface area contributed by atoms with Crippen molar-refractivity contribution in [3.8, 4) is 0 Å². The lowest BCUT2D eigenvalue weighted by molar-refractivity contribution is -0.195. The van der Waals surface area contributed by atoms with Gasteiger partial charge in [0.2, 0.25) is 0 Å². The molecular formula is C24H29FN4O3S. The van der Waals surface area contributed by atoms with Gasteiger partial charge in [-0.15, -0.1) is 0 Å². The summed E-state index contributed by atoms with van der Waals surface area (Å²) in [4.78, 5) is 25.3. The number of nitrogens with zero attached hydrogens (tertiary/aromatic N) is 4. The van der Waals surface area contributed by atoms with Crippen LogP contribution in [-0.2, 0) is 29.1 Å². The first-order valence-corrected chi connectivity index (χ1v) is 12.3. The Kier molecular flexibility index (Phi) is 7.64. The van der Waals surface area contributed by atoms with Crippen molar-refractivity contribution in [3.63, 3.8) is 0 Å². The topological polar surface area (TPSA) is 59.8 Å². The summed E-state index contributed by atoms with van der Waals surface area (Å²) in [5.74, 6) is 0.386. The number of hydroxylamine groups is 2. The first kappa shape index (κ1) is 23.7. The summed E-state index contributed by atoms with van der Waals surface area (Å²) < 4.78 is 20.9. The fraction of sp³-hybridized carbons (Fsp3) is 0.417. The van der Waals surface area contributed by atoms with Crippen molar-refractivity contribution in [2.24, 2.45) is 0 Å². The number of halogens is 1. The predicted molar refractivity (Wildman–Crippen MR) is 128 cm³/mol. The molecule has 0 bridgehead atoms. The van der Waals surface area contributed by atoms with Crippen LogP contribution in [0, 0.1) is 5.82 Å². The van der Waals surface area contributed by atoms with Crippen molar-refractivity contribution in [1.29, 1.82) is 0 Å². The lowest BCUT2D eigenvalue weighted by Crippen LogP contribution is -2.39. The minimum absolute atomic E-state index is 0.0454. The lowest BCUT2D eigenvalue weighted by atomic mass is 9.99. The molecule has 7 nitrogen and oxygen atoms in total. The molecule has 1 amide bonds. The Morgan fingerprint density at radius 2 is 2.03 bits per heavy atom. The van der Waals surface area contributed by atoms with Crippen LogP contribution in [0.1, 0.15) is 27.2 Å². The number of hydrogen-bond donors (Lipinski definition) is 0. The molecule has 0 aliphatic carbocycles. The first-order valence-electron chi connectivity index (χ1n) is 10.9. The third-order valence-corrected chi connectivity index (χ3v) is 6.15. The number of thioether (sulfide) groups is 1. The van der Waals surface area contributed by atoms with Gasteiger partial charge in [-0.3, -0.25) is 4.79 Å². The Balaban J connectivity index is 1.63. The number of amides is 1. The Morgan fingerprint density at radius 1 is 1.24 bits per heavy atom. The van der Waals surface area contributed by atoms with Gasteiger partial charge in [0.15, 0.2) is 6.79 Å². The number of benzene rings is 1. The lowest BCUT2D eigenvalue weighted by Gasteiger charge is -2.27. The van der Waals surface area contributed by atoms with Gasteiger partial charge in [0, 0.05) is 30.4 Å². The molecule has 0 atom stereocenters. The van der Waals surface area contributed by atoms with Crippen molar-refractivity contribution in [2.45, 2.75) is 19.5 Å². The van der Waals surface area contributed by atoms with Crippen LogP contribution in [0.15, 0.2) is 36.7 Å². The van der Waals surface area contributed by atoms with Gasteiger partial charge in [0.05, 0.1) is 24.9 Å². The van der Waals surface area contributed by atoms with E-state index in [2.05, 4.69) is 20.6 Å². The zero-order valence-electron chi connectivity index (χ0n) is 19.2. The van der Waals surface area contributed by atoms with Crippen LogP contribution < -0.4 is 0 Å². The van der Waals surface area contributed by atoms with Crippen LogP contribution >= 0.6 is 11.8 Å². The number of hydrogen-bond acceptors (Lipinski definition) is 6. The van der Waals surface area contributed by atoms with Gasteiger partial charge in [-0.05, 0) is 55.6 Å². The van der Waals surface area contributed by atoms with Crippen molar-refractivity contribution >= 4 is 28.6 Å². The van der Waals surface area contributed by atoms with E-state index >= 15 is 0 Å². The molecule has 176 valence electrons. The van der Waals surface area contributed by atoms with E-state index in [1.165, 1.54) is 17.2 Å². The number of ether oxygens (including phenoxy) is 1. The number of pyridine rings is 1. The second-order valence-corrected chi connectivity index (χ2v) is 9.28.